The lowest BCUT2D eigenvalue weighted by atomic mass is 9.85. The van der Waals surface area contributed by atoms with Crippen LogP contribution in [0.1, 0.15) is 25.5 Å². The molecule has 0 bridgehead atoms. The van der Waals surface area contributed by atoms with Gasteiger partial charge in [0.2, 0.25) is 0 Å². The molecule has 2 aromatic rings. The Kier molecular flexibility index (Phi) is 3.17. The van der Waals surface area contributed by atoms with Gasteiger partial charge in [0.05, 0.1) is 23.4 Å². The predicted octanol–water partition coefficient (Wildman–Crippen LogP) is 2.46. The largest absolute Gasteiger partial charge is 0.387 e. The number of para-hydroxylation sites is 1. The molecule has 4 nitrogen and oxygen atoms in total. The Labute approximate surface area is 106 Å². The van der Waals surface area contributed by atoms with Gasteiger partial charge in [-0.15, -0.1) is 0 Å². The van der Waals surface area contributed by atoms with Gasteiger partial charge in [-0.05, 0) is 26.0 Å². The van der Waals surface area contributed by atoms with Crippen molar-refractivity contribution in [1.29, 1.82) is 5.26 Å². The lowest BCUT2D eigenvalue weighted by Crippen LogP contribution is -2.19. The van der Waals surface area contributed by atoms with Crippen LogP contribution in [-0.4, -0.2) is 14.9 Å². The summed E-state index contributed by atoms with van der Waals surface area (Å²) in [5, 5.41) is 23.3. The Morgan fingerprint density at radius 2 is 2.00 bits per heavy atom. The second-order valence-electron chi connectivity index (χ2n) is 4.79. The van der Waals surface area contributed by atoms with E-state index in [1.807, 2.05) is 30.3 Å². The van der Waals surface area contributed by atoms with E-state index in [9.17, 15) is 5.11 Å². The lowest BCUT2D eigenvalue weighted by molar-refractivity contribution is 0.0867. The van der Waals surface area contributed by atoms with Crippen molar-refractivity contribution in [1.82, 2.24) is 9.78 Å². The molecule has 2 rings (SSSR count). The number of hydrogen-bond donors (Lipinski definition) is 1. The molecule has 0 aliphatic heterocycles. The fourth-order valence-corrected chi connectivity index (χ4v) is 1.68. The van der Waals surface area contributed by atoms with Gasteiger partial charge < -0.3 is 5.11 Å². The summed E-state index contributed by atoms with van der Waals surface area (Å²) in [7, 11) is 0. The van der Waals surface area contributed by atoms with Gasteiger partial charge >= 0.3 is 0 Å². The van der Waals surface area contributed by atoms with Crippen molar-refractivity contribution in [2.75, 3.05) is 0 Å². The van der Waals surface area contributed by atoms with E-state index in [0.717, 1.165) is 5.69 Å². The molecule has 1 aromatic heterocycles. The second-order valence-corrected chi connectivity index (χ2v) is 4.79. The molecule has 92 valence electrons. The zero-order chi connectivity index (χ0) is 13.2. The average molecular weight is 241 g/mol. The van der Waals surface area contributed by atoms with E-state index in [1.165, 1.54) is 0 Å². The number of nitriles is 1. The molecular formula is C14H15N3O. The summed E-state index contributed by atoms with van der Waals surface area (Å²) in [6.07, 6.45) is 2.50. The summed E-state index contributed by atoms with van der Waals surface area (Å²) >= 11 is 0. The van der Waals surface area contributed by atoms with Gasteiger partial charge in [0.25, 0.3) is 0 Å². The molecule has 1 aromatic carbocycles. The molecule has 0 fully saturated rings. The molecule has 0 spiro atoms. The van der Waals surface area contributed by atoms with Crippen LogP contribution < -0.4 is 0 Å². The summed E-state index contributed by atoms with van der Waals surface area (Å²) < 4.78 is 1.69. The monoisotopic (exact) mass is 241 g/mol. The van der Waals surface area contributed by atoms with Gasteiger partial charge in [0.1, 0.15) is 6.10 Å². The number of hydrogen-bond acceptors (Lipinski definition) is 3. The molecule has 1 N–H and O–H groups in total. The maximum absolute atomic E-state index is 10.1. The highest BCUT2D eigenvalue weighted by atomic mass is 16.3. The van der Waals surface area contributed by atoms with E-state index in [4.69, 9.17) is 5.26 Å². The standard InChI is InChI=1S/C14H15N3O/c1-14(2,10-15)13(18)11-8-16-17(9-11)12-6-4-3-5-7-12/h3-9,13,18H,1-2H3. The van der Waals surface area contributed by atoms with Gasteiger partial charge in [-0.25, -0.2) is 4.68 Å². The van der Waals surface area contributed by atoms with Crippen LogP contribution in [-0.2, 0) is 0 Å². The highest BCUT2D eigenvalue weighted by Gasteiger charge is 2.30. The molecule has 0 saturated carbocycles. The van der Waals surface area contributed by atoms with E-state index in [0.29, 0.717) is 5.56 Å². The summed E-state index contributed by atoms with van der Waals surface area (Å²) in [4.78, 5) is 0. The number of rotatable bonds is 3. The van der Waals surface area contributed by atoms with Crippen LogP contribution in [0, 0.1) is 16.7 Å². The Morgan fingerprint density at radius 3 is 2.61 bits per heavy atom. The molecular weight excluding hydrogens is 226 g/mol. The Balaban J connectivity index is 2.30. The SMILES string of the molecule is CC(C)(C#N)C(O)c1cnn(-c2ccccc2)c1. The van der Waals surface area contributed by atoms with Crippen LogP contribution in [0.25, 0.3) is 5.69 Å². The zero-order valence-corrected chi connectivity index (χ0v) is 10.4. The molecule has 0 aliphatic carbocycles. The summed E-state index contributed by atoms with van der Waals surface area (Å²) in [5.74, 6) is 0. The van der Waals surface area contributed by atoms with E-state index >= 15 is 0 Å². The van der Waals surface area contributed by atoms with E-state index in [1.54, 1.807) is 30.9 Å². The van der Waals surface area contributed by atoms with E-state index < -0.39 is 11.5 Å². The first-order valence-electron chi connectivity index (χ1n) is 5.74. The smallest absolute Gasteiger partial charge is 0.100 e. The number of aliphatic hydroxyl groups is 1. The zero-order valence-electron chi connectivity index (χ0n) is 10.4. The fraction of sp³-hybridized carbons (Fsp3) is 0.286. The quantitative estimate of drug-likeness (QED) is 0.897. The first kappa shape index (κ1) is 12.3. The maximum Gasteiger partial charge on any atom is 0.100 e. The molecule has 1 atom stereocenters. The van der Waals surface area contributed by atoms with Crippen molar-refractivity contribution in [3.05, 3.63) is 48.3 Å². The molecule has 4 heteroatoms. The average Bonchev–Trinajstić information content (AvgIpc) is 2.88. The second kappa shape index (κ2) is 4.63. The van der Waals surface area contributed by atoms with Crippen molar-refractivity contribution in [3.63, 3.8) is 0 Å². The van der Waals surface area contributed by atoms with Gasteiger partial charge in [0, 0.05) is 11.8 Å². The molecule has 1 unspecified atom stereocenters. The summed E-state index contributed by atoms with van der Waals surface area (Å²) in [5.41, 5.74) is 0.737. The minimum atomic E-state index is -0.847. The maximum atomic E-state index is 10.1. The number of aliphatic hydroxyl groups excluding tert-OH is 1. The fourth-order valence-electron chi connectivity index (χ4n) is 1.68. The van der Waals surface area contributed by atoms with Crippen molar-refractivity contribution in [2.45, 2.75) is 20.0 Å². The Hall–Kier alpha value is -2.12. The highest BCUT2D eigenvalue weighted by molar-refractivity contribution is 5.31. The topological polar surface area (TPSA) is 61.8 Å². The third-order valence-electron chi connectivity index (χ3n) is 2.91. The van der Waals surface area contributed by atoms with Gasteiger partial charge in [-0.3, -0.25) is 0 Å². The third kappa shape index (κ3) is 2.27. The summed E-state index contributed by atoms with van der Waals surface area (Å²) in [6, 6.07) is 11.7. The number of nitrogens with zero attached hydrogens (tertiary/aromatic N) is 3. The third-order valence-corrected chi connectivity index (χ3v) is 2.91. The first-order chi connectivity index (χ1) is 8.54. The van der Waals surface area contributed by atoms with Crippen LogP contribution in [0.4, 0.5) is 0 Å². The van der Waals surface area contributed by atoms with E-state index in [2.05, 4.69) is 11.2 Å². The molecule has 18 heavy (non-hydrogen) atoms. The van der Waals surface area contributed by atoms with Gasteiger partial charge in [-0.2, -0.15) is 10.4 Å². The van der Waals surface area contributed by atoms with Crippen molar-refractivity contribution in [2.24, 2.45) is 5.41 Å². The van der Waals surface area contributed by atoms with Crippen LogP contribution >= 0.6 is 0 Å². The Bertz CT molecular complexity index is 566. The minimum absolute atomic E-state index is 0.644. The summed E-state index contributed by atoms with van der Waals surface area (Å²) in [6.45, 7) is 3.41. The molecule has 0 radical (unpaired) electrons. The molecule has 1 heterocycles. The normalized spacial score (nSPS) is 13.0. The predicted molar refractivity (Wildman–Crippen MR) is 67.9 cm³/mol. The molecule has 0 amide bonds. The van der Waals surface area contributed by atoms with Gasteiger partial charge in [-0.1, -0.05) is 18.2 Å². The highest BCUT2D eigenvalue weighted by Crippen LogP contribution is 2.32. The van der Waals surface area contributed by atoms with Crippen LogP contribution in [0.3, 0.4) is 0 Å². The minimum Gasteiger partial charge on any atom is -0.387 e. The van der Waals surface area contributed by atoms with Crippen molar-refractivity contribution < 1.29 is 5.11 Å². The molecule has 0 saturated heterocycles. The van der Waals surface area contributed by atoms with Crippen LogP contribution in [0.5, 0.6) is 0 Å². The van der Waals surface area contributed by atoms with Crippen LogP contribution in [0.15, 0.2) is 42.7 Å². The number of benzene rings is 1. The van der Waals surface area contributed by atoms with Crippen molar-refractivity contribution in [3.8, 4) is 11.8 Å². The van der Waals surface area contributed by atoms with Crippen LogP contribution in [0.2, 0.25) is 0 Å². The van der Waals surface area contributed by atoms with E-state index in [-0.39, 0.29) is 0 Å². The van der Waals surface area contributed by atoms with Gasteiger partial charge in [0.15, 0.2) is 0 Å². The lowest BCUT2D eigenvalue weighted by Gasteiger charge is -2.21. The van der Waals surface area contributed by atoms with Crippen molar-refractivity contribution >= 4 is 0 Å². The number of aromatic nitrogens is 2. The molecule has 0 aliphatic rings. The Morgan fingerprint density at radius 1 is 1.33 bits per heavy atom. The first-order valence-corrected chi connectivity index (χ1v) is 5.74.